The topological polar surface area (TPSA) is 37.3 Å². The molecule has 0 saturated carbocycles. The van der Waals surface area contributed by atoms with Crippen molar-refractivity contribution in [3.05, 3.63) is 24.4 Å². The molecule has 1 aromatic heterocycles. The van der Waals surface area contributed by atoms with Crippen LogP contribution in [0.2, 0.25) is 0 Å². The maximum absolute atomic E-state index is 3.92. The van der Waals surface area contributed by atoms with E-state index in [1.165, 1.54) is 0 Å². The van der Waals surface area contributed by atoms with E-state index in [4.69, 9.17) is 0 Å². The number of pyridine rings is 1. The highest BCUT2D eigenvalue weighted by atomic mass is 15.3. The van der Waals surface area contributed by atoms with Gasteiger partial charge in [0.15, 0.2) is 0 Å². The van der Waals surface area contributed by atoms with Gasteiger partial charge in [-0.15, -0.1) is 0 Å². The van der Waals surface area contributed by atoms with E-state index >= 15 is 0 Å². The minimum atomic E-state index is 0.715. The summed E-state index contributed by atoms with van der Waals surface area (Å²) in [6.07, 6.45) is 1.69. The average Bonchev–Trinajstić information content (AvgIpc) is 1.91. The predicted octanol–water partition coefficient (Wildman–Crippen LogP) is 1.11. The second-order valence-electron chi connectivity index (χ2n) is 1.48. The average molecular weight is 121 g/mol. The van der Waals surface area contributed by atoms with Crippen LogP contribution >= 0.6 is 0 Å². The Bertz CT molecular complexity index is 183. The number of aromatic nitrogens is 1. The lowest BCUT2D eigenvalue weighted by Gasteiger charge is -1.93. The molecule has 3 nitrogen and oxygen atoms in total. The Morgan fingerprint density at radius 2 is 2.44 bits per heavy atom. The number of hydrogen-bond acceptors (Lipinski definition) is 3. The molecule has 0 aliphatic carbocycles. The summed E-state index contributed by atoms with van der Waals surface area (Å²) < 4.78 is 0. The van der Waals surface area contributed by atoms with Gasteiger partial charge < -0.3 is 0 Å². The van der Waals surface area contributed by atoms with Crippen LogP contribution in [-0.4, -0.2) is 11.7 Å². The molecular formula is C6H7N3. The molecule has 46 valence electrons. The zero-order valence-corrected chi connectivity index (χ0v) is 4.91. The van der Waals surface area contributed by atoms with Gasteiger partial charge >= 0.3 is 0 Å². The fraction of sp³-hybridized carbons (Fsp3) is 0. The quantitative estimate of drug-likeness (QED) is 0.470. The normalized spacial score (nSPS) is 8.44. The number of hydrogen-bond donors (Lipinski definition) is 1. The van der Waals surface area contributed by atoms with E-state index in [0.29, 0.717) is 5.82 Å². The number of nitrogens with zero attached hydrogens (tertiary/aromatic N) is 2. The maximum atomic E-state index is 3.92. The van der Waals surface area contributed by atoms with Crippen molar-refractivity contribution < 1.29 is 0 Å². The second kappa shape index (κ2) is 2.81. The Morgan fingerprint density at radius 1 is 1.56 bits per heavy atom. The third kappa shape index (κ3) is 1.53. The van der Waals surface area contributed by atoms with Gasteiger partial charge in [0.25, 0.3) is 0 Å². The van der Waals surface area contributed by atoms with Crippen LogP contribution in [0.5, 0.6) is 0 Å². The van der Waals surface area contributed by atoms with Gasteiger partial charge in [-0.05, 0) is 12.1 Å². The van der Waals surface area contributed by atoms with Crippen molar-refractivity contribution in [2.75, 3.05) is 5.43 Å². The van der Waals surface area contributed by atoms with Crippen LogP contribution in [0.25, 0.3) is 0 Å². The van der Waals surface area contributed by atoms with Crippen molar-refractivity contribution in [1.29, 1.82) is 0 Å². The highest BCUT2D eigenvalue weighted by Crippen LogP contribution is 1.97. The molecule has 1 heterocycles. The fourth-order valence-corrected chi connectivity index (χ4v) is 0.510. The van der Waals surface area contributed by atoms with Crippen LogP contribution in [0.3, 0.4) is 0 Å². The van der Waals surface area contributed by atoms with Crippen LogP contribution in [0, 0.1) is 0 Å². The Balaban J connectivity index is 2.72. The molecule has 0 aliphatic heterocycles. The molecule has 0 atom stereocenters. The first kappa shape index (κ1) is 5.75. The molecule has 0 radical (unpaired) electrons. The zero-order chi connectivity index (χ0) is 6.53. The first-order valence-corrected chi connectivity index (χ1v) is 2.56. The largest absolute Gasteiger partial charge is 0.262 e. The van der Waals surface area contributed by atoms with E-state index in [0.717, 1.165) is 0 Å². The van der Waals surface area contributed by atoms with Crippen LogP contribution in [0.15, 0.2) is 29.5 Å². The van der Waals surface area contributed by atoms with Gasteiger partial charge in [-0.1, -0.05) is 6.07 Å². The first-order valence-electron chi connectivity index (χ1n) is 2.56. The van der Waals surface area contributed by atoms with Gasteiger partial charge in [0.1, 0.15) is 5.82 Å². The molecule has 3 heteroatoms. The SMILES string of the molecule is C=NNc1ccccn1. The first-order chi connectivity index (χ1) is 4.43. The summed E-state index contributed by atoms with van der Waals surface area (Å²) in [4.78, 5) is 3.92. The van der Waals surface area contributed by atoms with Crippen molar-refractivity contribution in [2.24, 2.45) is 5.10 Å². The van der Waals surface area contributed by atoms with E-state index in [2.05, 4.69) is 22.2 Å². The lowest BCUT2D eigenvalue weighted by Crippen LogP contribution is -1.87. The van der Waals surface area contributed by atoms with Crippen LogP contribution in [-0.2, 0) is 0 Å². The van der Waals surface area contributed by atoms with E-state index < -0.39 is 0 Å². The molecule has 0 saturated heterocycles. The molecule has 1 N–H and O–H groups in total. The third-order valence-corrected chi connectivity index (χ3v) is 0.858. The van der Waals surface area contributed by atoms with Gasteiger partial charge in [0.2, 0.25) is 0 Å². The lowest BCUT2D eigenvalue weighted by molar-refractivity contribution is 1.24. The minimum Gasteiger partial charge on any atom is -0.262 e. The van der Waals surface area contributed by atoms with Gasteiger partial charge in [0, 0.05) is 12.9 Å². The summed E-state index contributed by atoms with van der Waals surface area (Å²) in [5.74, 6) is 0.715. The standard InChI is InChI=1S/C6H7N3/c1-7-9-6-4-2-3-5-8-6/h2-5H,1H2,(H,8,9). The molecule has 0 aliphatic rings. The van der Waals surface area contributed by atoms with Crippen LogP contribution in [0.1, 0.15) is 0 Å². The Hall–Kier alpha value is -1.38. The van der Waals surface area contributed by atoms with Crippen molar-refractivity contribution in [3.8, 4) is 0 Å². The maximum Gasteiger partial charge on any atom is 0.146 e. The Kier molecular flexibility index (Phi) is 1.80. The zero-order valence-electron chi connectivity index (χ0n) is 4.91. The molecule has 0 spiro atoms. The molecule has 0 fully saturated rings. The summed E-state index contributed by atoms with van der Waals surface area (Å²) in [5, 5.41) is 3.44. The number of rotatable bonds is 2. The monoisotopic (exact) mass is 121 g/mol. The molecule has 0 amide bonds. The van der Waals surface area contributed by atoms with E-state index in [1.807, 2.05) is 18.2 Å². The molecular weight excluding hydrogens is 114 g/mol. The molecule has 0 bridgehead atoms. The summed E-state index contributed by atoms with van der Waals surface area (Å²) in [6, 6.07) is 5.53. The minimum absolute atomic E-state index is 0.715. The molecule has 0 aromatic carbocycles. The van der Waals surface area contributed by atoms with Crippen molar-refractivity contribution >= 4 is 12.5 Å². The van der Waals surface area contributed by atoms with E-state index in [-0.39, 0.29) is 0 Å². The highest BCUT2D eigenvalue weighted by Gasteiger charge is 1.82. The van der Waals surface area contributed by atoms with Crippen molar-refractivity contribution in [2.45, 2.75) is 0 Å². The molecule has 1 aromatic rings. The van der Waals surface area contributed by atoms with Gasteiger partial charge in [-0.2, -0.15) is 5.10 Å². The third-order valence-electron chi connectivity index (χ3n) is 0.858. The van der Waals surface area contributed by atoms with Crippen LogP contribution < -0.4 is 5.43 Å². The van der Waals surface area contributed by atoms with Gasteiger partial charge in [-0.3, -0.25) is 5.43 Å². The summed E-state index contributed by atoms with van der Waals surface area (Å²) in [5.41, 5.74) is 2.61. The smallest absolute Gasteiger partial charge is 0.146 e. The lowest BCUT2D eigenvalue weighted by atomic mass is 10.5. The predicted molar refractivity (Wildman–Crippen MR) is 37.4 cm³/mol. The highest BCUT2D eigenvalue weighted by molar-refractivity contribution is 5.36. The fourth-order valence-electron chi connectivity index (χ4n) is 0.510. The van der Waals surface area contributed by atoms with Crippen molar-refractivity contribution in [3.63, 3.8) is 0 Å². The number of hydrazone groups is 1. The molecule has 1 rings (SSSR count). The van der Waals surface area contributed by atoms with E-state index in [1.54, 1.807) is 6.20 Å². The van der Waals surface area contributed by atoms with Crippen LogP contribution in [0.4, 0.5) is 5.82 Å². The number of nitrogens with one attached hydrogen (secondary N) is 1. The van der Waals surface area contributed by atoms with Gasteiger partial charge in [0.05, 0.1) is 0 Å². The number of anilines is 1. The molecule has 9 heavy (non-hydrogen) atoms. The summed E-state index contributed by atoms with van der Waals surface area (Å²) in [7, 11) is 0. The second-order valence-corrected chi connectivity index (χ2v) is 1.48. The summed E-state index contributed by atoms with van der Waals surface area (Å²) in [6.45, 7) is 3.25. The van der Waals surface area contributed by atoms with Gasteiger partial charge in [-0.25, -0.2) is 4.98 Å². The Labute approximate surface area is 53.4 Å². The van der Waals surface area contributed by atoms with E-state index in [9.17, 15) is 0 Å². The Morgan fingerprint density at radius 3 is 3.00 bits per heavy atom. The summed E-state index contributed by atoms with van der Waals surface area (Å²) >= 11 is 0. The molecule has 0 unspecified atom stereocenters. The van der Waals surface area contributed by atoms with Crippen molar-refractivity contribution in [1.82, 2.24) is 4.98 Å².